The molecule has 0 aliphatic heterocycles. The zero-order chi connectivity index (χ0) is 11.5. The van der Waals surface area contributed by atoms with Crippen LogP contribution in [0.4, 0.5) is 0 Å². The molecule has 6 heteroatoms. The molecule has 0 aromatic carbocycles. The number of hydrogen-bond acceptors (Lipinski definition) is 5. The van der Waals surface area contributed by atoms with Crippen molar-refractivity contribution in [2.75, 3.05) is 6.61 Å². The van der Waals surface area contributed by atoms with Crippen molar-refractivity contribution in [2.24, 2.45) is 7.05 Å². The Bertz CT molecular complexity index is 487. The van der Waals surface area contributed by atoms with E-state index in [-0.39, 0.29) is 0 Å². The van der Waals surface area contributed by atoms with Gasteiger partial charge in [0, 0.05) is 7.05 Å². The maximum atomic E-state index is 11.7. The van der Waals surface area contributed by atoms with E-state index >= 15 is 0 Å². The first-order valence-electron chi connectivity index (χ1n) is 4.83. The molecule has 0 aliphatic rings. The first-order chi connectivity index (χ1) is 7.74. The molecular formula is C10H11N3O3. The van der Waals surface area contributed by atoms with Gasteiger partial charge in [0.2, 0.25) is 5.89 Å². The molecule has 2 rings (SSSR count). The van der Waals surface area contributed by atoms with Gasteiger partial charge in [-0.3, -0.25) is 4.68 Å². The van der Waals surface area contributed by atoms with E-state index in [1.54, 1.807) is 14.0 Å². The summed E-state index contributed by atoms with van der Waals surface area (Å²) in [6.07, 6.45) is 4.48. The molecule has 0 amide bonds. The Morgan fingerprint density at radius 3 is 3.06 bits per heavy atom. The lowest BCUT2D eigenvalue weighted by Gasteiger charge is -2.03. The van der Waals surface area contributed by atoms with Crippen molar-refractivity contribution in [1.82, 2.24) is 14.8 Å². The zero-order valence-corrected chi connectivity index (χ0v) is 9.01. The van der Waals surface area contributed by atoms with Gasteiger partial charge in [-0.05, 0) is 6.92 Å². The molecule has 0 spiro atoms. The number of carbonyl (C=O) groups excluding carboxylic acids is 1. The molecular weight excluding hydrogens is 210 g/mol. The monoisotopic (exact) mass is 221 g/mol. The molecule has 0 aliphatic carbocycles. The van der Waals surface area contributed by atoms with Crippen molar-refractivity contribution >= 4 is 5.97 Å². The van der Waals surface area contributed by atoms with Crippen LogP contribution in [0, 0.1) is 0 Å². The van der Waals surface area contributed by atoms with Crippen LogP contribution in [0.2, 0.25) is 0 Å². The first-order valence-corrected chi connectivity index (χ1v) is 4.83. The van der Waals surface area contributed by atoms with Crippen LogP contribution in [0.1, 0.15) is 17.4 Å². The van der Waals surface area contributed by atoms with Crippen LogP contribution < -0.4 is 0 Å². The van der Waals surface area contributed by atoms with Gasteiger partial charge in [0.25, 0.3) is 0 Å². The summed E-state index contributed by atoms with van der Waals surface area (Å²) in [7, 11) is 1.67. The fourth-order valence-electron chi connectivity index (χ4n) is 1.39. The highest BCUT2D eigenvalue weighted by atomic mass is 16.5. The average Bonchev–Trinajstić information content (AvgIpc) is 2.86. The summed E-state index contributed by atoms with van der Waals surface area (Å²) in [6, 6.07) is 0. The van der Waals surface area contributed by atoms with Crippen LogP contribution in [0.15, 0.2) is 23.1 Å². The van der Waals surface area contributed by atoms with Crippen LogP contribution in [-0.2, 0) is 11.8 Å². The van der Waals surface area contributed by atoms with Gasteiger partial charge in [-0.2, -0.15) is 5.10 Å². The molecule has 0 saturated carbocycles. The second-order valence-electron chi connectivity index (χ2n) is 3.09. The van der Waals surface area contributed by atoms with E-state index in [9.17, 15) is 4.79 Å². The minimum absolute atomic E-state index is 0.315. The number of aromatic nitrogens is 3. The molecule has 0 saturated heterocycles. The molecule has 84 valence electrons. The number of aryl methyl sites for hydroxylation is 1. The van der Waals surface area contributed by atoms with Gasteiger partial charge in [-0.1, -0.05) is 0 Å². The van der Waals surface area contributed by atoms with Crippen molar-refractivity contribution in [3.8, 4) is 11.5 Å². The van der Waals surface area contributed by atoms with Gasteiger partial charge in [0.05, 0.1) is 24.6 Å². The van der Waals surface area contributed by atoms with E-state index in [1.165, 1.54) is 23.3 Å². The number of rotatable bonds is 3. The summed E-state index contributed by atoms with van der Waals surface area (Å²) in [5, 5.41) is 3.99. The highest BCUT2D eigenvalue weighted by Gasteiger charge is 2.21. The molecule has 2 aromatic heterocycles. The van der Waals surface area contributed by atoms with E-state index in [4.69, 9.17) is 9.15 Å². The smallest absolute Gasteiger partial charge is 0.357 e. The third-order valence-corrected chi connectivity index (χ3v) is 2.07. The lowest BCUT2D eigenvalue weighted by atomic mass is 10.2. The SMILES string of the molecule is CCOC(=O)c1c(-c2ncco2)cnn1C. The van der Waals surface area contributed by atoms with Gasteiger partial charge in [-0.25, -0.2) is 9.78 Å². The maximum Gasteiger partial charge on any atom is 0.357 e. The predicted molar refractivity (Wildman–Crippen MR) is 54.7 cm³/mol. The topological polar surface area (TPSA) is 70.2 Å². The van der Waals surface area contributed by atoms with Gasteiger partial charge >= 0.3 is 5.97 Å². The molecule has 2 aromatic rings. The Kier molecular flexibility index (Phi) is 2.72. The highest BCUT2D eigenvalue weighted by molar-refractivity contribution is 5.94. The Morgan fingerprint density at radius 2 is 2.44 bits per heavy atom. The summed E-state index contributed by atoms with van der Waals surface area (Å²) in [6.45, 7) is 2.06. The van der Waals surface area contributed by atoms with Gasteiger partial charge < -0.3 is 9.15 Å². The summed E-state index contributed by atoms with van der Waals surface area (Å²) in [5.41, 5.74) is 0.871. The molecule has 0 atom stereocenters. The molecule has 0 bridgehead atoms. The van der Waals surface area contributed by atoms with E-state index in [2.05, 4.69) is 10.1 Å². The third kappa shape index (κ3) is 1.69. The van der Waals surface area contributed by atoms with Crippen molar-refractivity contribution in [1.29, 1.82) is 0 Å². The summed E-state index contributed by atoms with van der Waals surface area (Å²) in [4.78, 5) is 15.7. The quantitative estimate of drug-likeness (QED) is 0.729. The predicted octanol–water partition coefficient (Wildman–Crippen LogP) is 1.25. The fraction of sp³-hybridized carbons (Fsp3) is 0.300. The normalized spacial score (nSPS) is 10.4. The molecule has 2 heterocycles. The number of nitrogens with zero attached hydrogens (tertiary/aromatic N) is 3. The molecule has 16 heavy (non-hydrogen) atoms. The molecule has 0 N–H and O–H groups in total. The van der Waals surface area contributed by atoms with Crippen LogP contribution in [-0.4, -0.2) is 27.3 Å². The van der Waals surface area contributed by atoms with Crippen molar-refractivity contribution in [3.63, 3.8) is 0 Å². The van der Waals surface area contributed by atoms with E-state index in [1.807, 2.05) is 0 Å². The van der Waals surface area contributed by atoms with Crippen molar-refractivity contribution < 1.29 is 13.9 Å². The number of esters is 1. The highest BCUT2D eigenvalue weighted by Crippen LogP contribution is 2.21. The summed E-state index contributed by atoms with van der Waals surface area (Å²) < 4.78 is 11.5. The lowest BCUT2D eigenvalue weighted by Crippen LogP contribution is -2.11. The van der Waals surface area contributed by atoms with Gasteiger partial charge in [0.1, 0.15) is 6.26 Å². The van der Waals surface area contributed by atoms with Crippen LogP contribution in [0.25, 0.3) is 11.5 Å². The number of oxazole rings is 1. The van der Waals surface area contributed by atoms with Crippen LogP contribution >= 0.6 is 0 Å². The second-order valence-corrected chi connectivity index (χ2v) is 3.09. The fourth-order valence-corrected chi connectivity index (χ4v) is 1.39. The van der Waals surface area contributed by atoms with Crippen molar-refractivity contribution in [3.05, 3.63) is 24.4 Å². The first kappa shape index (κ1) is 10.4. The van der Waals surface area contributed by atoms with Crippen molar-refractivity contribution in [2.45, 2.75) is 6.92 Å². The molecule has 0 unspecified atom stereocenters. The lowest BCUT2D eigenvalue weighted by molar-refractivity contribution is 0.0514. The standard InChI is InChI=1S/C10H11N3O3/c1-3-15-10(14)8-7(6-12-13(8)2)9-11-4-5-16-9/h4-6H,3H2,1-2H3. The Balaban J connectivity index is 2.44. The van der Waals surface area contributed by atoms with E-state index in [0.717, 1.165) is 0 Å². The van der Waals surface area contributed by atoms with Gasteiger partial charge in [-0.15, -0.1) is 0 Å². The minimum Gasteiger partial charge on any atom is -0.461 e. The Labute approximate surface area is 91.8 Å². The summed E-state index contributed by atoms with van der Waals surface area (Å²) in [5.74, 6) is -0.0770. The van der Waals surface area contributed by atoms with E-state index < -0.39 is 5.97 Å². The second kappa shape index (κ2) is 4.18. The van der Waals surface area contributed by atoms with Gasteiger partial charge in [0.15, 0.2) is 5.69 Å². The third-order valence-electron chi connectivity index (χ3n) is 2.07. The molecule has 0 radical (unpaired) electrons. The minimum atomic E-state index is -0.435. The average molecular weight is 221 g/mol. The Hall–Kier alpha value is -2.11. The van der Waals surface area contributed by atoms with Crippen LogP contribution in [0.5, 0.6) is 0 Å². The maximum absolute atomic E-state index is 11.7. The number of ether oxygens (including phenoxy) is 1. The van der Waals surface area contributed by atoms with E-state index in [0.29, 0.717) is 23.8 Å². The summed E-state index contributed by atoms with van der Waals surface area (Å²) >= 11 is 0. The number of carbonyl (C=O) groups is 1. The zero-order valence-electron chi connectivity index (χ0n) is 9.01. The van der Waals surface area contributed by atoms with Crippen LogP contribution in [0.3, 0.4) is 0 Å². The Morgan fingerprint density at radius 1 is 1.62 bits per heavy atom. The number of hydrogen-bond donors (Lipinski definition) is 0. The largest absolute Gasteiger partial charge is 0.461 e. The molecule has 0 fully saturated rings. The molecule has 6 nitrogen and oxygen atoms in total.